The van der Waals surface area contributed by atoms with Crippen LogP contribution in [0, 0.1) is 26.9 Å². The quantitative estimate of drug-likeness (QED) is 0.581. The van der Waals surface area contributed by atoms with Gasteiger partial charge in [-0.15, -0.1) is 0 Å². The van der Waals surface area contributed by atoms with Crippen molar-refractivity contribution in [3.05, 3.63) is 62.6 Å². The maximum Gasteiger partial charge on any atom is 0.269 e. The number of hydrogen-bond acceptors (Lipinski definition) is 8. The van der Waals surface area contributed by atoms with Crippen molar-refractivity contribution >= 4 is 11.5 Å². The van der Waals surface area contributed by atoms with Gasteiger partial charge in [0.15, 0.2) is 5.78 Å². The van der Waals surface area contributed by atoms with Crippen LogP contribution in [0.3, 0.4) is 0 Å². The molecule has 1 aliphatic carbocycles. The lowest BCUT2D eigenvalue weighted by Gasteiger charge is -2.48. The summed E-state index contributed by atoms with van der Waals surface area (Å²) in [5.41, 5.74) is 8.24. The number of ketones is 1. The highest BCUT2D eigenvalue weighted by Gasteiger charge is 2.46. The van der Waals surface area contributed by atoms with E-state index in [0.717, 1.165) is 5.70 Å². The van der Waals surface area contributed by atoms with Crippen molar-refractivity contribution < 1.29 is 14.5 Å². The number of nitriles is 1. The van der Waals surface area contributed by atoms with Crippen LogP contribution in [0.15, 0.2) is 46.9 Å². The van der Waals surface area contributed by atoms with Crippen molar-refractivity contribution in [1.82, 2.24) is 10.0 Å². The molecule has 1 saturated heterocycles. The monoisotopic (exact) mass is 423 g/mol. The molecule has 2 heterocycles. The predicted molar refractivity (Wildman–Crippen MR) is 112 cm³/mol. The van der Waals surface area contributed by atoms with E-state index < -0.39 is 10.8 Å². The van der Waals surface area contributed by atoms with Gasteiger partial charge in [-0.2, -0.15) is 5.26 Å². The molecule has 0 amide bonds. The zero-order valence-electron chi connectivity index (χ0n) is 17.6. The maximum absolute atomic E-state index is 13.4. The number of hydrazine groups is 1. The van der Waals surface area contributed by atoms with Crippen LogP contribution >= 0.6 is 0 Å². The lowest BCUT2D eigenvalue weighted by molar-refractivity contribution is -0.384. The zero-order valence-corrected chi connectivity index (χ0v) is 17.6. The molecule has 0 aromatic heterocycles. The van der Waals surface area contributed by atoms with Crippen molar-refractivity contribution in [3.8, 4) is 6.07 Å². The molecule has 3 aliphatic rings. The first-order valence-electron chi connectivity index (χ1n) is 10.3. The van der Waals surface area contributed by atoms with Gasteiger partial charge in [0.2, 0.25) is 0 Å². The van der Waals surface area contributed by atoms with Gasteiger partial charge in [0.05, 0.1) is 35.7 Å². The average Bonchev–Trinajstić information content (AvgIpc) is 2.72. The SMILES string of the molecule is CC1(C)CC(=O)C2=C(C1)N(N1CCOCC1)C(N)=C(C#N)[C@H]2c1cccc([N+](=O)[O-])c1. The first-order valence-corrected chi connectivity index (χ1v) is 10.3. The molecule has 4 rings (SSSR count). The van der Waals surface area contributed by atoms with Gasteiger partial charge >= 0.3 is 0 Å². The fourth-order valence-electron chi connectivity index (χ4n) is 4.72. The Morgan fingerprint density at radius 2 is 2.00 bits per heavy atom. The minimum atomic E-state index is -0.721. The first kappa shape index (κ1) is 21.0. The van der Waals surface area contributed by atoms with E-state index in [1.54, 1.807) is 12.1 Å². The minimum Gasteiger partial charge on any atom is -0.383 e. The Kier molecular flexibility index (Phi) is 5.29. The Morgan fingerprint density at radius 1 is 1.29 bits per heavy atom. The summed E-state index contributed by atoms with van der Waals surface area (Å²) >= 11 is 0. The van der Waals surface area contributed by atoms with Gasteiger partial charge in [0, 0.05) is 42.9 Å². The van der Waals surface area contributed by atoms with Gasteiger partial charge in [-0.25, -0.2) is 5.01 Å². The molecule has 162 valence electrons. The lowest BCUT2D eigenvalue weighted by atomic mass is 9.69. The third kappa shape index (κ3) is 3.69. The molecule has 0 radical (unpaired) electrons. The van der Waals surface area contributed by atoms with Crippen molar-refractivity contribution in [1.29, 1.82) is 5.26 Å². The van der Waals surface area contributed by atoms with Crippen molar-refractivity contribution in [2.75, 3.05) is 26.3 Å². The fourth-order valence-corrected chi connectivity index (χ4v) is 4.72. The van der Waals surface area contributed by atoms with Crippen LogP contribution in [0.2, 0.25) is 0 Å². The number of nitro benzene ring substituents is 1. The van der Waals surface area contributed by atoms with Crippen LogP contribution < -0.4 is 5.73 Å². The molecular formula is C22H25N5O4. The predicted octanol–water partition coefficient (Wildman–Crippen LogP) is 2.58. The largest absolute Gasteiger partial charge is 0.383 e. The van der Waals surface area contributed by atoms with Crippen LogP contribution in [0.1, 0.15) is 38.2 Å². The molecule has 1 atom stereocenters. The van der Waals surface area contributed by atoms with Crippen molar-refractivity contribution in [2.45, 2.75) is 32.6 Å². The number of nitro groups is 1. The highest BCUT2D eigenvalue weighted by Crippen LogP contribution is 2.49. The Morgan fingerprint density at radius 3 is 2.65 bits per heavy atom. The summed E-state index contributed by atoms with van der Waals surface area (Å²) in [6.45, 7) is 6.31. The molecule has 1 fully saturated rings. The summed E-state index contributed by atoms with van der Waals surface area (Å²) in [6.07, 6.45) is 0.948. The number of nitrogens with zero attached hydrogens (tertiary/aromatic N) is 4. The molecular weight excluding hydrogens is 398 g/mol. The number of rotatable bonds is 3. The van der Waals surface area contributed by atoms with Gasteiger partial charge < -0.3 is 10.5 Å². The molecule has 9 heteroatoms. The van der Waals surface area contributed by atoms with Crippen LogP contribution in [0.25, 0.3) is 0 Å². The van der Waals surface area contributed by atoms with Crippen LogP contribution in [0.5, 0.6) is 0 Å². The highest BCUT2D eigenvalue weighted by molar-refractivity contribution is 6.00. The summed E-state index contributed by atoms with van der Waals surface area (Å²) in [5.74, 6) is -0.507. The number of hydrogen-bond donors (Lipinski definition) is 1. The van der Waals surface area contributed by atoms with Gasteiger partial charge in [-0.05, 0) is 17.4 Å². The number of allylic oxidation sites excluding steroid dienone is 3. The van der Waals surface area contributed by atoms with E-state index >= 15 is 0 Å². The number of ether oxygens (including phenoxy) is 1. The van der Waals surface area contributed by atoms with Crippen molar-refractivity contribution in [3.63, 3.8) is 0 Å². The summed E-state index contributed by atoms with van der Waals surface area (Å²) in [6, 6.07) is 8.30. The van der Waals surface area contributed by atoms with E-state index in [9.17, 15) is 20.2 Å². The molecule has 2 N–H and O–H groups in total. The molecule has 2 aliphatic heterocycles. The number of carbonyl (C=O) groups excluding carboxylic acids is 1. The minimum absolute atomic E-state index is 0.0544. The molecule has 1 aromatic carbocycles. The van der Waals surface area contributed by atoms with Gasteiger partial charge in [0.1, 0.15) is 5.82 Å². The summed E-state index contributed by atoms with van der Waals surface area (Å²) in [7, 11) is 0. The van der Waals surface area contributed by atoms with E-state index in [1.807, 2.05) is 23.9 Å². The lowest BCUT2D eigenvalue weighted by Crippen LogP contribution is -2.53. The summed E-state index contributed by atoms with van der Waals surface area (Å²) in [4.78, 5) is 24.3. The maximum atomic E-state index is 13.4. The topological polar surface area (TPSA) is 126 Å². The Hall–Kier alpha value is -3.22. The van der Waals surface area contributed by atoms with E-state index in [0.29, 0.717) is 50.3 Å². The van der Waals surface area contributed by atoms with E-state index in [-0.39, 0.29) is 28.3 Å². The van der Waals surface area contributed by atoms with Gasteiger partial charge in [0.25, 0.3) is 5.69 Å². The van der Waals surface area contributed by atoms with Crippen LogP contribution in [-0.4, -0.2) is 47.0 Å². The van der Waals surface area contributed by atoms with Gasteiger partial charge in [-0.3, -0.25) is 19.9 Å². The number of Topliss-reactive ketones (excluding diaryl/α,β-unsaturated/α-hetero) is 1. The van der Waals surface area contributed by atoms with E-state index in [4.69, 9.17) is 10.5 Å². The number of non-ortho nitro benzene ring substituents is 1. The van der Waals surface area contributed by atoms with E-state index in [2.05, 4.69) is 6.07 Å². The number of benzene rings is 1. The van der Waals surface area contributed by atoms with E-state index in [1.165, 1.54) is 12.1 Å². The smallest absolute Gasteiger partial charge is 0.269 e. The Balaban J connectivity index is 1.93. The molecule has 0 bridgehead atoms. The average molecular weight is 423 g/mol. The van der Waals surface area contributed by atoms with Crippen LogP contribution in [0.4, 0.5) is 5.69 Å². The fraction of sp³-hybridized carbons (Fsp3) is 0.455. The number of nitrogens with two attached hydrogens (primary N) is 1. The third-order valence-electron chi connectivity index (χ3n) is 6.04. The third-order valence-corrected chi connectivity index (χ3v) is 6.04. The molecule has 0 spiro atoms. The molecule has 9 nitrogen and oxygen atoms in total. The molecule has 0 unspecified atom stereocenters. The first-order chi connectivity index (χ1) is 14.7. The molecule has 31 heavy (non-hydrogen) atoms. The Bertz CT molecular complexity index is 1050. The highest BCUT2D eigenvalue weighted by atomic mass is 16.6. The zero-order chi connectivity index (χ0) is 22.3. The van der Waals surface area contributed by atoms with Gasteiger partial charge in [-0.1, -0.05) is 26.0 Å². The number of carbonyl (C=O) groups is 1. The normalized spacial score (nSPS) is 24.1. The summed E-state index contributed by atoms with van der Waals surface area (Å²) < 4.78 is 5.47. The number of morpholine rings is 1. The van der Waals surface area contributed by atoms with Crippen LogP contribution in [-0.2, 0) is 9.53 Å². The Labute approximate surface area is 180 Å². The molecule has 1 aromatic rings. The van der Waals surface area contributed by atoms with Crippen molar-refractivity contribution in [2.24, 2.45) is 11.1 Å². The summed E-state index contributed by atoms with van der Waals surface area (Å²) in [5, 5.41) is 25.2. The second-order valence-electron chi connectivity index (χ2n) is 8.87. The second-order valence-corrected chi connectivity index (χ2v) is 8.87. The molecule has 0 saturated carbocycles. The standard InChI is InChI=1S/C22H25N5O4/c1-22(2)11-17-20(18(28)12-22)19(14-4-3-5-15(10-14)27(29)30)16(13-23)21(24)26(17)25-6-8-31-9-7-25/h3-5,10,19H,6-9,11-12,24H2,1-2H3/t19-/m1/s1. The second kappa shape index (κ2) is 7.80.